The predicted octanol–water partition coefficient (Wildman–Crippen LogP) is 5.73. The van der Waals surface area contributed by atoms with Gasteiger partial charge in [0.05, 0.1) is 18.8 Å². The van der Waals surface area contributed by atoms with Gasteiger partial charge in [-0.2, -0.15) is 0 Å². The first-order valence-corrected chi connectivity index (χ1v) is 15.4. The minimum absolute atomic E-state index is 0.0617. The molecular formula is C34H50O7. The van der Waals surface area contributed by atoms with Gasteiger partial charge < -0.3 is 29.2 Å². The molecule has 3 heterocycles. The Morgan fingerprint density at radius 2 is 2.07 bits per heavy atom. The summed E-state index contributed by atoms with van der Waals surface area (Å²) in [5.41, 5.74) is 1.77. The summed E-state index contributed by atoms with van der Waals surface area (Å²) in [5, 5.41) is 21.6. The van der Waals surface area contributed by atoms with E-state index in [2.05, 4.69) is 52.8 Å². The molecule has 0 aromatic rings. The van der Waals surface area contributed by atoms with Crippen molar-refractivity contribution in [1.82, 2.24) is 0 Å². The van der Waals surface area contributed by atoms with Crippen molar-refractivity contribution in [1.29, 1.82) is 0 Å². The Labute approximate surface area is 246 Å². The van der Waals surface area contributed by atoms with Gasteiger partial charge in [0.15, 0.2) is 5.79 Å². The van der Waals surface area contributed by atoms with Crippen LogP contribution in [-0.4, -0.2) is 65.2 Å². The summed E-state index contributed by atoms with van der Waals surface area (Å²) in [7, 11) is 0. The van der Waals surface area contributed by atoms with Gasteiger partial charge in [-0.25, -0.2) is 0 Å². The maximum absolute atomic E-state index is 11.2. The van der Waals surface area contributed by atoms with Crippen LogP contribution >= 0.6 is 0 Å². The van der Waals surface area contributed by atoms with Gasteiger partial charge in [0.25, 0.3) is 6.47 Å². The van der Waals surface area contributed by atoms with E-state index in [1.54, 1.807) is 0 Å². The van der Waals surface area contributed by atoms with Gasteiger partial charge >= 0.3 is 0 Å². The fourth-order valence-corrected chi connectivity index (χ4v) is 6.68. The summed E-state index contributed by atoms with van der Waals surface area (Å²) in [5.74, 6) is 0.132. The van der Waals surface area contributed by atoms with Crippen LogP contribution in [0.1, 0.15) is 80.1 Å². The maximum Gasteiger partial charge on any atom is 0.293 e. The normalized spacial score (nSPS) is 40.0. The lowest BCUT2D eigenvalue weighted by Gasteiger charge is -2.47. The molecule has 7 nitrogen and oxygen atoms in total. The van der Waals surface area contributed by atoms with Crippen LogP contribution in [0.25, 0.3) is 0 Å². The smallest absolute Gasteiger partial charge is 0.293 e. The SMILES string of the molecule is CC[C@H](C)C1OC2(C=CC1C)CC(OC=O)CC(C/C=C(\C)C[C@@H](C)/C=C/C=C1\CO[C@@H]3C(O)C(C)=CC[C@]13O)O2. The Bertz CT molecular complexity index is 1070. The summed E-state index contributed by atoms with van der Waals surface area (Å²) in [4.78, 5) is 11.2. The van der Waals surface area contributed by atoms with Gasteiger partial charge in [-0.05, 0) is 55.7 Å². The second kappa shape index (κ2) is 13.5. The molecule has 0 radical (unpaired) electrons. The second-order valence-electron chi connectivity index (χ2n) is 12.8. The molecule has 6 unspecified atom stereocenters. The monoisotopic (exact) mass is 570 g/mol. The average Bonchev–Trinajstić information content (AvgIpc) is 3.27. The lowest BCUT2D eigenvalue weighted by molar-refractivity contribution is -0.299. The molecule has 2 saturated heterocycles. The van der Waals surface area contributed by atoms with Crippen LogP contribution in [0.15, 0.2) is 59.3 Å². The minimum atomic E-state index is -1.14. The third kappa shape index (κ3) is 7.31. The third-order valence-electron chi connectivity index (χ3n) is 9.41. The first kappa shape index (κ1) is 31.9. The highest BCUT2D eigenvalue weighted by molar-refractivity contribution is 5.37. The zero-order chi connectivity index (χ0) is 29.8. The highest BCUT2D eigenvalue weighted by Gasteiger charge is 2.51. The van der Waals surface area contributed by atoms with E-state index in [1.165, 1.54) is 5.57 Å². The number of aliphatic hydroxyl groups is 2. The van der Waals surface area contributed by atoms with Gasteiger partial charge in [-0.3, -0.25) is 4.79 Å². The molecule has 1 aliphatic carbocycles. The molecule has 0 saturated carbocycles. The number of carbonyl (C=O) groups excluding carboxylic acids is 1. The van der Waals surface area contributed by atoms with Crippen molar-refractivity contribution in [2.45, 2.75) is 122 Å². The maximum atomic E-state index is 11.2. The van der Waals surface area contributed by atoms with E-state index in [-0.39, 0.29) is 18.3 Å². The fourth-order valence-electron chi connectivity index (χ4n) is 6.68. The summed E-state index contributed by atoms with van der Waals surface area (Å²) >= 11 is 0. The number of rotatable bonds is 10. The quantitative estimate of drug-likeness (QED) is 0.256. The van der Waals surface area contributed by atoms with Crippen LogP contribution < -0.4 is 0 Å². The molecule has 7 heteroatoms. The van der Waals surface area contributed by atoms with E-state index >= 15 is 0 Å². The number of hydrogen-bond donors (Lipinski definition) is 2. The molecule has 4 aliphatic rings. The largest absolute Gasteiger partial charge is 0.464 e. The molecule has 0 bridgehead atoms. The highest BCUT2D eigenvalue weighted by Crippen LogP contribution is 2.42. The Kier molecular flexibility index (Phi) is 10.5. The minimum Gasteiger partial charge on any atom is -0.464 e. The van der Waals surface area contributed by atoms with Gasteiger partial charge in [-0.15, -0.1) is 0 Å². The fraction of sp³-hybridized carbons (Fsp3) is 0.676. The van der Waals surface area contributed by atoms with Crippen molar-refractivity contribution in [2.75, 3.05) is 6.61 Å². The van der Waals surface area contributed by atoms with Crippen molar-refractivity contribution >= 4 is 6.47 Å². The van der Waals surface area contributed by atoms with Crippen LogP contribution in [0.5, 0.6) is 0 Å². The van der Waals surface area contributed by atoms with Crippen molar-refractivity contribution < 1.29 is 34.0 Å². The standard InChI is InChI=1S/C34H50O7/c1-7-24(4)31-26(6)13-15-33(41-31)19-29(39-21-35)18-28(40-33)12-11-23(3)17-22(2)9-8-10-27-20-38-32-30(36)25(5)14-16-34(27,32)37/h8-11,13-15,21-22,24,26,28-32,36-37H,7,12,16-20H2,1-6H3/b9-8+,23-11+,27-10+/t22-,24-,26?,28?,29?,30?,31?,32+,33?,34-/m0/s1. The lowest BCUT2D eigenvalue weighted by Crippen LogP contribution is -2.52. The van der Waals surface area contributed by atoms with Crippen LogP contribution in [0.3, 0.4) is 0 Å². The number of aliphatic hydroxyl groups excluding tert-OH is 1. The van der Waals surface area contributed by atoms with E-state index in [1.807, 2.05) is 31.2 Å². The Morgan fingerprint density at radius 3 is 2.80 bits per heavy atom. The highest BCUT2D eigenvalue weighted by atomic mass is 16.7. The van der Waals surface area contributed by atoms with E-state index in [9.17, 15) is 15.0 Å². The molecule has 0 amide bonds. The Balaban J connectivity index is 1.35. The molecule has 2 fully saturated rings. The second-order valence-corrected chi connectivity index (χ2v) is 12.8. The number of allylic oxidation sites excluding steroid dienone is 4. The number of carbonyl (C=O) groups is 1. The average molecular weight is 571 g/mol. The molecule has 0 aromatic carbocycles. The van der Waals surface area contributed by atoms with Crippen molar-refractivity contribution in [3.63, 3.8) is 0 Å². The zero-order valence-corrected chi connectivity index (χ0v) is 25.6. The summed E-state index contributed by atoms with van der Waals surface area (Å²) in [6, 6.07) is 0. The predicted molar refractivity (Wildman–Crippen MR) is 159 cm³/mol. The molecule has 1 spiro atoms. The molecule has 4 rings (SSSR count). The molecule has 2 N–H and O–H groups in total. The molecule has 41 heavy (non-hydrogen) atoms. The number of fused-ring (bicyclic) bond motifs is 1. The Hall–Kier alpha value is -2.03. The molecule has 10 atom stereocenters. The van der Waals surface area contributed by atoms with Crippen LogP contribution in [0.2, 0.25) is 0 Å². The van der Waals surface area contributed by atoms with Crippen LogP contribution in [0.4, 0.5) is 0 Å². The number of ether oxygens (including phenoxy) is 4. The number of hydrogen-bond acceptors (Lipinski definition) is 7. The molecule has 228 valence electrons. The van der Waals surface area contributed by atoms with Crippen molar-refractivity contribution in [3.05, 3.63) is 59.3 Å². The van der Waals surface area contributed by atoms with Gasteiger partial charge in [0, 0.05) is 25.2 Å². The molecule has 0 aromatic heterocycles. The lowest BCUT2D eigenvalue weighted by atomic mass is 9.78. The third-order valence-corrected chi connectivity index (χ3v) is 9.41. The Morgan fingerprint density at radius 1 is 1.29 bits per heavy atom. The summed E-state index contributed by atoms with van der Waals surface area (Å²) in [6.45, 7) is 13.6. The van der Waals surface area contributed by atoms with Crippen LogP contribution in [-0.2, 0) is 23.7 Å². The van der Waals surface area contributed by atoms with Crippen molar-refractivity contribution in [2.24, 2.45) is 17.8 Å². The van der Waals surface area contributed by atoms with E-state index in [0.717, 1.165) is 24.0 Å². The van der Waals surface area contributed by atoms with Gasteiger partial charge in [0.2, 0.25) is 0 Å². The van der Waals surface area contributed by atoms with E-state index in [0.29, 0.717) is 56.5 Å². The van der Waals surface area contributed by atoms with Crippen molar-refractivity contribution in [3.8, 4) is 0 Å². The first-order chi connectivity index (χ1) is 19.5. The van der Waals surface area contributed by atoms with Gasteiger partial charge in [-0.1, -0.05) is 76.1 Å². The van der Waals surface area contributed by atoms with E-state index in [4.69, 9.17) is 18.9 Å². The zero-order valence-electron chi connectivity index (χ0n) is 25.6. The summed E-state index contributed by atoms with van der Waals surface area (Å²) < 4.78 is 24.4. The topological polar surface area (TPSA) is 94.5 Å². The molecular weight excluding hydrogens is 520 g/mol. The first-order valence-electron chi connectivity index (χ1n) is 15.4. The van der Waals surface area contributed by atoms with Gasteiger partial charge in [0.1, 0.15) is 23.9 Å². The molecule has 3 aliphatic heterocycles. The van der Waals surface area contributed by atoms with Crippen LogP contribution in [0, 0.1) is 17.8 Å². The summed E-state index contributed by atoms with van der Waals surface area (Å²) in [6.07, 6.45) is 17.0. The van der Waals surface area contributed by atoms with E-state index < -0.39 is 23.6 Å².